The van der Waals surface area contributed by atoms with Crippen LogP contribution in [-0.2, 0) is 6.18 Å². The molecule has 136 valence electrons. The summed E-state index contributed by atoms with van der Waals surface area (Å²) in [5.74, 6) is 0.179. The summed E-state index contributed by atoms with van der Waals surface area (Å²) in [5, 5.41) is 2.60. The van der Waals surface area contributed by atoms with Gasteiger partial charge in [-0.15, -0.1) is 0 Å². The number of hydrogen-bond donors (Lipinski definition) is 2. The topological polar surface area (TPSA) is 80.0 Å². The zero-order valence-electron chi connectivity index (χ0n) is 13.7. The standard InChI is InChI=1S/C15H18ClF3N6/c1-25(2)7-3-6-21-14-23-12(22-13(20)24-14)9-4-5-11(16)10(8-9)15(17,18)19/h4-5,8H,3,6-7H2,1-2H3,(H3,20,21,22,23,24). The summed E-state index contributed by atoms with van der Waals surface area (Å²) in [6, 6.07) is 3.46. The van der Waals surface area contributed by atoms with E-state index in [1.807, 2.05) is 19.0 Å². The van der Waals surface area contributed by atoms with E-state index in [1.165, 1.54) is 6.07 Å². The second-order valence-electron chi connectivity index (χ2n) is 5.62. The molecule has 1 aromatic carbocycles. The van der Waals surface area contributed by atoms with Crippen LogP contribution in [0.2, 0.25) is 5.02 Å². The molecule has 2 rings (SSSR count). The molecule has 0 aliphatic rings. The molecule has 6 nitrogen and oxygen atoms in total. The van der Waals surface area contributed by atoms with Gasteiger partial charge in [-0.25, -0.2) is 0 Å². The summed E-state index contributed by atoms with van der Waals surface area (Å²) in [6.45, 7) is 1.46. The highest BCUT2D eigenvalue weighted by molar-refractivity contribution is 6.31. The number of halogens is 4. The van der Waals surface area contributed by atoms with Crippen molar-refractivity contribution in [3.63, 3.8) is 0 Å². The van der Waals surface area contributed by atoms with Crippen LogP contribution in [0.1, 0.15) is 12.0 Å². The van der Waals surface area contributed by atoms with E-state index in [1.54, 1.807) is 0 Å². The van der Waals surface area contributed by atoms with Gasteiger partial charge in [-0.1, -0.05) is 11.6 Å². The first-order chi connectivity index (χ1) is 11.7. The van der Waals surface area contributed by atoms with Gasteiger partial charge in [-0.05, 0) is 45.3 Å². The molecular weight excluding hydrogens is 357 g/mol. The molecule has 1 heterocycles. The van der Waals surface area contributed by atoms with Crippen molar-refractivity contribution >= 4 is 23.5 Å². The summed E-state index contributed by atoms with van der Waals surface area (Å²) < 4.78 is 39.0. The van der Waals surface area contributed by atoms with Gasteiger partial charge in [0.1, 0.15) is 0 Å². The van der Waals surface area contributed by atoms with Crippen molar-refractivity contribution in [2.45, 2.75) is 12.6 Å². The van der Waals surface area contributed by atoms with E-state index >= 15 is 0 Å². The van der Waals surface area contributed by atoms with Crippen LogP contribution in [0.25, 0.3) is 11.4 Å². The summed E-state index contributed by atoms with van der Waals surface area (Å²) in [5.41, 5.74) is 4.85. The maximum atomic E-state index is 13.0. The second-order valence-corrected chi connectivity index (χ2v) is 6.02. The highest BCUT2D eigenvalue weighted by Crippen LogP contribution is 2.36. The van der Waals surface area contributed by atoms with Crippen LogP contribution in [0.5, 0.6) is 0 Å². The minimum absolute atomic E-state index is 0.0461. The lowest BCUT2D eigenvalue weighted by atomic mass is 10.1. The maximum Gasteiger partial charge on any atom is 0.417 e. The van der Waals surface area contributed by atoms with Gasteiger partial charge in [0.25, 0.3) is 0 Å². The molecule has 10 heteroatoms. The number of aromatic nitrogens is 3. The maximum absolute atomic E-state index is 13.0. The third-order valence-electron chi connectivity index (χ3n) is 3.25. The number of rotatable bonds is 6. The number of alkyl halides is 3. The molecule has 0 aliphatic heterocycles. The van der Waals surface area contributed by atoms with E-state index < -0.39 is 11.7 Å². The molecule has 0 spiro atoms. The van der Waals surface area contributed by atoms with E-state index in [4.69, 9.17) is 17.3 Å². The first-order valence-corrected chi connectivity index (χ1v) is 7.82. The normalized spacial score (nSPS) is 11.8. The van der Waals surface area contributed by atoms with Crippen LogP contribution < -0.4 is 11.1 Å². The summed E-state index contributed by atoms with van der Waals surface area (Å²) >= 11 is 5.63. The zero-order valence-corrected chi connectivity index (χ0v) is 14.5. The van der Waals surface area contributed by atoms with Crippen molar-refractivity contribution in [2.24, 2.45) is 0 Å². The Bertz CT molecular complexity index is 736. The predicted molar refractivity (Wildman–Crippen MR) is 91.3 cm³/mol. The van der Waals surface area contributed by atoms with Gasteiger partial charge < -0.3 is 16.0 Å². The second kappa shape index (κ2) is 7.83. The fourth-order valence-electron chi connectivity index (χ4n) is 2.08. The van der Waals surface area contributed by atoms with Crippen LogP contribution in [0.3, 0.4) is 0 Å². The first-order valence-electron chi connectivity index (χ1n) is 7.44. The molecule has 1 aromatic heterocycles. The lowest BCUT2D eigenvalue weighted by Crippen LogP contribution is -2.17. The van der Waals surface area contributed by atoms with E-state index in [2.05, 4.69) is 20.3 Å². The lowest BCUT2D eigenvalue weighted by molar-refractivity contribution is -0.137. The number of nitrogens with two attached hydrogens (primary N) is 1. The lowest BCUT2D eigenvalue weighted by Gasteiger charge is -2.12. The highest BCUT2D eigenvalue weighted by Gasteiger charge is 2.33. The van der Waals surface area contributed by atoms with E-state index in [0.29, 0.717) is 6.54 Å². The number of nitrogen functional groups attached to an aromatic ring is 1. The third-order valence-corrected chi connectivity index (χ3v) is 3.58. The van der Waals surface area contributed by atoms with Crippen LogP contribution in [0.4, 0.5) is 25.1 Å². The van der Waals surface area contributed by atoms with Gasteiger partial charge in [0.2, 0.25) is 11.9 Å². The van der Waals surface area contributed by atoms with Crippen LogP contribution in [-0.4, -0.2) is 47.0 Å². The van der Waals surface area contributed by atoms with Gasteiger partial charge in [0.15, 0.2) is 5.82 Å². The Labute approximate surface area is 148 Å². The molecular formula is C15H18ClF3N6. The van der Waals surface area contributed by atoms with Crippen molar-refractivity contribution in [2.75, 3.05) is 38.2 Å². The fraction of sp³-hybridized carbons (Fsp3) is 0.400. The SMILES string of the molecule is CN(C)CCCNc1nc(N)nc(-c2ccc(Cl)c(C(F)(F)F)c2)n1. The van der Waals surface area contributed by atoms with Crippen molar-refractivity contribution in [3.8, 4) is 11.4 Å². The van der Waals surface area contributed by atoms with Gasteiger partial charge in [-0.2, -0.15) is 28.1 Å². The van der Waals surface area contributed by atoms with Gasteiger partial charge in [-0.3, -0.25) is 0 Å². The Morgan fingerprint density at radius 1 is 1.20 bits per heavy atom. The number of hydrogen-bond acceptors (Lipinski definition) is 6. The van der Waals surface area contributed by atoms with E-state index in [9.17, 15) is 13.2 Å². The summed E-state index contributed by atoms with van der Waals surface area (Å²) in [7, 11) is 3.91. The van der Waals surface area contributed by atoms with Crippen LogP contribution in [0.15, 0.2) is 18.2 Å². The smallest absolute Gasteiger partial charge is 0.368 e. The molecule has 0 amide bonds. The molecule has 0 saturated carbocycles. The molecule has 0 unspecified atom stereocenters. The van der Waals surface area contributed by atoms with Gasteiger partial charge >= 0.3 is 6.18 Å². The fourth-order valence-corrected chi connectivity index (χ4v) is 2.30. The quantitative estimate of drug-likeness (QED) is 0.756. The first kappa shape index (κ1) is 19.2. The number of nitrogens with zero attached hydrogens (tertiary/aromatic N) is 4. The highest BCUT2D eigenvalue weighted by atomic mass is 35.5. The number of nitrogens with one attached hydrogen (secondary N) is 1. The molecule has 0 bridgehead atoms. The minimum Gasteiger partial charge on any atom is -0.368 e. The van der Waals surface area contributed by atoms with E-state index in [-0.39, 0.29) is 28.3 Å². The molecule has 2 aromatic rings. The molecule has 0 fully saturated rings. The zero-order chi connectivity index (χ0) is 18.6. The average molecular weight is 375 g/mol. The van der Waals surface area contributed by atoms with Crippen molar-refractivity contribution < 1.29 is 13.2 Å². The third kappa shape index (κ3) is 5.43. The van der Waals surface area contributed by atoms with Gasteiger partial charge in [0, 0.05) is 12.1 Å². The van der Waals surface area contributed by atoms with Crippen LogP contribution in [0, 0.1) is 0 Å². The summed E-state index contributed by atoms with van der Waals surface area (Å²) in [6.07, 6.45) is -3.73. The Morgan fingerprint density at radius 3 is 2.56 bits per heavy atom. The molecule has 0 aliphatic carbocycles. The average Bonchev–Trinajstić information content (AvgIpc) is 2.50. The molecule has 0 atom stereocenters. The number of anilines is 2. The monoisotopic (exact) mass is 374 g/mol. The molecule has 3 N–H and O–H groups in total. The molecule has 25 heavy (non-hydrogen) atoms. The van der Waals surface area contributed by atoms with E-state index in [0.717, 1.165) is 25.1 Å². The largest absolute Gasteiger partial charge is 0.417 e. The van der Waals surface area contributed by atoms with Crippen molar-refractivity contribution in [3.05, 3.63) is 28.8 Å². The Morgan fingerprint density at radius 2 is 1.92 bits per heavy atom. The number of benzene rings is 1. The Balaban J connectivity index is 2.25. The minimum atomic E-state index is -4.57. The van der Waals surface area contributed by atoms with Crippen molar-refractivity contribution in [1.82, 2.24) is 19.9 Å². The van der Waals surface area contributed by atoms with Crippen molar-refractivity contribution in [1.29, 1.82) is 0 Å². The molecule has 0 radical (unpaired) electrons. The summed E-state index contributed by atoms with van der Waals surface area (Å²) in [4.78, 5) is 14.0. The Hall–Kier alpha value is -2.13. The van der Waals surface area contributed by atoms with Gasteiger partial charge in [0.05, 0.1) is 10.6 Å². The van der Waals surface area contributed by atoms with Crippen LogP contribution >= 0.6 is 11.6 Å². The Kier molecular flexibility index (Phi) is 6.02. The molecule has 0 saturated heterocycles. The predicted octanol–water partition coefficient (Wildman–Crippen LogP) is 3.16.